The van der Waals surface area contributed by atoms with Gasteiger partial charge in [0.2, 0.25) is 0 Å². The summed E-state index contributed by atoms with van der Waals surface area (Å²) in [7, 11) is 1.91. The Labute approximate surface area is 105 Å². The van der Waals surface area contributed by atoms with Gasteiger partial charge in [-0.05, 0) is 19.5 Å². The standard InChI is InChI=1S/C11H14Cl2N2O/c1-14-10(7-2-3-16-6-7)11-9(13)4-8(12)5-15-11/h4-5,7,10,14H,2-3,6H2,1H3. The van der Waals surface area contributed by atoms with E-state index in [1.807, 2.05) is 7.05 Å². The fourth-order valence-electron chi connectivity index (χ4n) is 2.07. The van der Waals surface area contributed by atoms with Crippen LogP contribution in [0.2, 0.25) is 10.0 Å². The number of ether oxygens (including phenoxy) is 1. The Morgan fingerprint density at radius 3 is 2.94 bits per heavy atom. The molecule has 0 bridgehead atoms. The highest BCUT2D eigenvalue weighted by Crippen LogP contribution is 2.32. The van der Waals surface area contributed by atoms with E-state index in [0.717, 1.165) is 25.3 Å². The summed E-state index contributed by atoms with van der Waals surface area (Å²) < 4.78 is 5.39. The molecule has 5 heteroatoms. The Morgan fingerprint density at radius 1 is 1.56 bits per heavy atom. The Bertz CT molecular complexity index is 367. The second kappa shape index (κ2) is 5.32. The minimum atomic E-state index is 0.132. The van der Waals surface area contributed by atoms with E-state index in [-0.39, 0.29) is 6.04 Å². The summed E-state index contributed by atoms with van der Waals surface area (Å²) in [5.74, 6) is 0.427. The second-order valence-corrected chi connectivity index (χ2v) is 4.75. The number of aromatic nitrogens is 1. The molecule has 0 aliphatic carbocycles. The van der Waals surface area contributed by atoms with Crippen molar-refractivity contribution in [2.45, 2.75) is 12.5 Å². The number of hydrogen-bond donors (Lipinski definition) is 1. The molecule has 0 radical (unpaired) electrons. The van der Waals surface area contributed by atoms with E-state index < -0.39 is 0 Å². The number of nitrogens with one attached hydrogen (secondary N) is 1. The molecule has 0 spiro atoms. The van der Waals surface area contributed by atoms with Crippen LogP contribution in [0.15, 0.2) is 12.3 Å². The maximum Gasteiger partial charge on any atom is 0.0763 e. The monoisotopic (exact) mass is 260 g/mol. The minimum Gasteiger partial charge on any atom is -0.381 e. The van der Waals surface area contributed by atoms with E-state index in [2.05, 4.69) is 10.3 Å². The SMILES string of the molecule is CNC(c1ncc(Cl)cc1Cl)C1CCOC1. The fraction of sp³-hybridized carbons (Fsp3) is 0.545. The lowest BCUT2D eigenvalue weighted by molar-refractivity contribution is 0.177. The molecule has 1 saturated heterocycles. The predicted octanol–water partition coefficient (Wildman–Crippen LogP) is 2.69. The molecule has 2 heterocycles. The maximum atomic E-state index is 6.15. The topological polar surface area (TPSA) is 34.2 Å². The molecule has 1 aliphatic rings. The summed E-state index contributed by atoms with van der Waals surface area (Å²) in [5.41, 5.74) is 0.851. The average molecular weight is 261 g/mol. The molecule has 2 unspecified atom stereocenters. The van der Waals surface area contributed by atoms with Crippen molar-refractivity contribution >= 4 is 23.2 Å². The van der Waals surface area contributed by atoms with E-state index in [0.29, 0.717) is 16.0 Å². The number of hydrogen-bond acceptors (Lipinski definition) is 3. The summed E-state index contributed by atoms with van der Waals surface area (Å²) in [5, 5.41) is 4.42. The summed E-state index contributed by atoms with van der Waals surface area (Å²) in [6.07, 6.45) is 2.66. The lowest BCUT2D eigenvalue weighted by Crippen LogP contribution is -2.26. The Kier molecular flexibility index (Phi) is 4.03. The first-order chi connectivity index (χ1) is 7.72. The smallest absolute Gasteiger partial charge is 0.0763 e. The van der Waals surface area contributed by atoms with Gasteiger partial charge in [-0.15, -0.1) is 0 Å². The average Bonchev–Trinajstić information content (AvgIpc) is 2.75. The van der Waals surface area contributed by atoms with Gasteiger partial charge in [0.1, 0.15) is 0 Å². The number of nitrogens with zero attached hydrogens (tertiary/aromatic N) is 1. The summed E-state index contributed by atoms with van der Waals surface area (Å²) in [6.45, 7) is 1.57. The quantitative estimate of drug-likeness (QED) is 0.908. The van der Waals surface area contributed by atoms with Crippen LogP contribution in [-0.4, -0.2) is 25.2 Å². The number of rotatable bonds is 3. The van der Waals surface area contributed by atoms with E-state index in [9.17, 15) is 0 Å². The highest BCUT2D eigenvalue weighted by Gasteiger charge is 2.28. The first-order valence-electron chi connectivity index (χ1n) is 5.28. The van der Waals surface area contributed by atoms with Crippen molar-refractivity contribution in [2.75, 3.05) is 20.3 Å². The van der Waals surface area contributed by atoms with Crippen LogP contribution in [0.3, 0.4) is 0 Å². The Hall–Kier alpha value is -0.350. The molecule has 1 aromatic heterocycles. The van der Waals surface area contributed by atoms with Crippen LogP contribution in [-0.2, 0) is 4.74 Å². The third-order valence-electron chi connectivity index (χ3n) is 2.88. The van der Waals surface area contributed by atoms with E-state index >= 15 is 0 Å². The van der Waals surface area contributed by atoms with E-state index in [1.54, 1.807) is 12.3 Å². The van der Waals surface area contributed by atoms with Crippen molar-refractivity contribution in [3.8, 4) is 0 Å². The lowest BCUT2D eigenvalue weighted by Gasteiger charge is -2.22. The van der Waals surface area contributed by atoms with Crippen molar-refractivity contribution in [2.24, 2.45) is 5.92 Å². The van der Waals surface area contributed by atoms with Crippen LogP contribution >= 0.6 is 23.2 Å². The van der Waals surface area contributed by atoms with Crippen molar-refractivity contribution in [1.29, 1.82) is 0 Å². The molecule has 2 atom stereocenters. The first kappa shape index (κ1) is 12.1. The summed E-state index contributed by atoms with van der Waals surface area (Å²) >= 11 is 12.0. The van der Waals surface area contributed by atoms with Crippen LogP contribution < -0.4 is 5.32 Å². The largest absolute Gasteiger partial charge is 0.381 e. The Balaban J connectivity index is 2.25. The predicted molar refractivity (Wildman–Crippen MR) is 65.0 cm³/mol. The van der Waals surface area contributed by atoms with Crippen molar-refractivity contribution in [1.82, 2.24) is 10.3 Å². The minimum absolute atomic E-state index is 0.132. The zero-order valence-electron chi connectivity index (χ0n) is 9.04. The molecule has 88 valence electrons. The van der Waals surface area contributed by atoms with Crippen LogP contribution in [0.1, 0.15) is 18.2 Å². The highest BCUT2D eigenvalue weighted by molar-refractivity contribution is 6.34. The molecule has 2 rings (SSSR count). The van der Waals surface area contributed by atoms with Gasteiger partial charge in [-0.25, -0.2) is 0 Å². The second-order valence-electron chi connectivity index (χ2n) is 3.91. The van der Waals surface area contributed by atoms with Gasteiger partial charge in [0.05, 0.1) is 28.4 Å². The van der Waals surface area contributed by atoms with Crippen LogP contribution in [0, 0.1) is 5.92 Å². The van der Waals surface area contributed by atoms with Crippen LogP contribution in [0.5, 0.6) is 0 Å². The zero-order chi connectivity index (χ0) is 11.5. The highest BCUT2D eigenvalue weighted by atomic mass is 35.5. The van der Waals surface area contributed by atoms with Crippen LogP contribution in [0.4, 0.5) is 0 Å². The van der Waals surface area contributed by atoms with Crippen LogP contribution in [0.25, 0.3) is 0 Å². The first-order valence-corrected chi connectivity index (χ1v) is 6.04. The van der Waals surface area contributed by atoms with Gasteiger partial charge in [-0.3, -0.25) is 4.98 Å². The van der Waals surface area contributed by atoms with E-state index in [4.69, 9.17) is 27.9 Å². The fourth-order valence-corrected chi connectivity index (χ4v) is 2.56. The molecule has 1 aromatic rings. The third kappa shape index (κ3) is 2.48. The van der Waals surface area contributed by atoms with Gasteiger partial charge in [0.15, 0.2) is 0 Å². The molecule has 0 amide bonds. The van der Waals surface area contributed by atoms with Crippen molar-refractivity contribution in [3.05, 3.63) is 28.0 Å². The molecule has 1 aliphatic heterocycles. The molecule has 1 N–H and O–H groups in total. The number of pyridine rings is 1. The van der Waals surface area contributed by atoms with Gasteiger partial charge in [0.25, 0.3) is 0 Å². The molecule has 3 nitrogen and oxygen atoms in total. The maximum absolute atomic E-state index is 6.15. The molecular formula is C11H14Cl2N2O. The van der Waals surface area contributed by atoms with Gasteiger partial charge < -0.3 is 10.1 Å². The Morgan fingerprint density at radius 2 is 2.38 bits per heavy atom. The number of halogens is 2. The normalized spacial score (nSPS) is 22.3. The third-order valence-corrected chi connectivity index (χ3v) is 3.39. The molecular weight excluding hydrogens is 247 g/mol. The van der Waals surface area contributed by atoms with Gasteiger partial charge in [0, 0.05) is 18.7 Å². The van der Waals surface area contributed by atoms with Crippen molar-refractivity contribution in [3.63, 3.8) is 0 Å². The van der Waals surface area contributed by atoms with Crippen molar-refractivity contribution < 1.29 is 4.74 Å². The molecule has 0 saturated carbocycles. The van der Waals surface area contributed by atoms with E-state index in [1.165, 1.54) is 0 Å². The summed E-state index contributed by atoms with van der Waals surface area (Å²) in [6, 6.07) is 1.86. The molecule has 16 heavy (non-hydrogen) atoms. The van der Waals surface area contributed by atoms with Gasteiger partial charge in [-0.2, -0.15) is 0 Å². The van der Waals surface area contributed by atoms with Gasteiger partial charge in [-0.1, -0.05) is 23.2 Å². The molecule has 1 fully saturated rings. The van der Waals surface area contributed by atoms with Gasteiger partial charge >= 0.3 is 0 Å². The zero-order valence-corrected chi connectivity index (χ0v) is 10.6. The molecule has 0 aromatic carbocycles. The lowest BCUT2D eigenvalue weighted by atomic mass is 9.96. The summed E-state index contributed by atoms with van der Waals surface area (Å²) in [4.78, 5) is 4.31.